The van der Waals surface area contributed by atoms with E-state index in [1.165, 1.54) is 4.88 Å². The number of nitrogens with one attached hydrogen (secondary N) is 2. The van der Waals surface area contributed by atoms with Crippen LogP contribution in [0.2, 0.25) is 0 Å². The molecule has 0 aromatic carbocycles. The molecule has 0 aliphatic heterocycles. The first kappa shape index (κ1) is 14.1. The van der Waals surface area contributed by atoms with E-state index in [-0.39, 0.29) is 0 Å². The van der Waals surface area contributed by atoms with Gasteiger partial charge in [0.1, 0.15) is 10.6 Å². The summed E-state index contributed by atoms with van der Waals surface area (Å²) in [5, 5.41) is 7.77. The molecule has 4 nitrogen and oxygen atoms in total. The minimum atomic E-state index is 0.697. The molecule has 5 heteroatoms. The fourth-order valence-corrected chi connectivity index (χ4v) is 2.77. The Kier molecular flexibility index (Phi) is 4.58. The van der Waals surface area contributed by atoms with Crippen molar-refractivity contribution in [3.63, 3.8) is 0 Å². The zero-order valence-corrected chi connectivity index (χ0v) is 12.9. The third kappa shape index (κ3) is 3.56. The summed E-state index contributed by atoms with van der Waals surface area (Å²) in [6, 6.07) is 2.16. The van der Waals surface area contributed by atoms with Gasteiger partial charge in [-0.2, -0.15) is 4.98 Å². The molecule has 19 heavy (non-hydrogen) atoms. The van der Waals surface area contributed by atoms with Gasteiger partial charge in [0, 0.05) is 18.0 Å². The zero-order chi connectivity index (χ0) is 13.8. The molecular weight excluding hydrogens is 256 g/mol. The topological polar surface area (TPSA) is 49.8 Å². The zero-order valence-electron chi connectivity index (χ0n) is 12.1. The van der Waals surface area contributed by atoms with Crippen LogP contribution in [0.3, 0.4) is 0 Å². The first-order valence-electron chi connectivity index (χ1n) is 6.86. The molecule has 0 radical (unpaired) electrons. The van der Waals surface area contributed by atoms with Crippen molar-refractivity contribution in [2.45, 2.75) is 34.1 Å². The van der Waals surface area contributed by atoms with E-state index in [0.29, 0.717) is 11.9 Å². The Morgan fingerprint density at radius 1 is 1.26 bits per heavy atom. The number of nitrogens with zero attached hydrogens (tertiary/aromatic N) is 2. The highest BCUT2D eigenvalue weighted by molar-refractivity contribution is 7.18. The van der Waals surface area contributed by atoms with Gasteiger partial charge in [0.25, 0.3) is 0 Å². The van der Waals surface area contributed by atoms with Crippen LogP contribution < -0.4 is 10.6 Å². The second-order valence-corrected chi connectivity index (χ2v) is 6.35. The van der Waals surface area contributed by atoms with Crippen LogP contribution in [0.25, 0.3) is 10.2 Å². The molecule has 2 heterocycles. The van der Waals surface area contributed by atoms with E-state index in [2.05, 4.69) is 54.4 Å². The lowest BCUT2D eigenvalue weighted by Gasteiger charge is -2.10. The molecule has 0 bridgehead atoms. The van der Waals surface area contributed by atoms with E-state index in [1.807, 2.05) is 0 Å². The van der Waals surface area contributed by atoms with Crippen LogP contribution in [0.4, 0.5) is 11.8 Å². The van der Waals surface area contributed by atoms with E-state index in [9.17, 15) is 0 Å². The summed E-state index contributed by atoms with van der Waals surface area (Å²) in [5.74, 6) is 2.36. The first-order valence-corrected chi connectivity index (χ1v) is 7.67. The van der Waals surface area contributed by atoms with E-state index >= 15 is 0 Å². The van der Waals surface area contributed by atoms with E-state index < -0.39 is 0 Å². The number of rotatable bonds is 6. The predicted molar refractivity (Wildman–Crippen MR) is 84.3 cm³/mol. The van der Waals surface area contributed by atoms with Gasteiger partial charge in [-0.05, 0) is 32.3 Å². The smallest absolute Gasteiger partial charge is 0.226 e. The van der Waals surface area contributed by atoms with Crippen LogP contribution in [-0.2, 0) is 0 Å². The SMILES string of the molecule is CCNc1nc(NCCC(C)C)c2cc(C)sc2n1. The largest absolute Gasteiger partial charge is 0.369 e. The third-order valence-corrected chi connectivity index (χ3v) is 3.81. The maximum atomic E-state index is 4.57. The van der Waals surface area contributed by atoms with Crippen molar-refractivity contribution < 1.29 is 0 Å². The van der Waals surface area contributed by atoms with Crippen LogP contribution in [0.15, 0.2) is 6.07 Å². The Bertz CT molecular complexity index is 548. The average molecular weight is 278 g/mol. The highest BCUT2D eigenvalue weighted by Gasteiger charge is 2.10. The van der Waals surface area contributed by atoms with Crippen molar-refractivity contribution in [3.05, 3.63) is 10.9 Å². The molecule has 0 aliphatic carbocycles. The van der Waals surface area contributed by atoms with Gasteiger partial charge in [0.05, 0.1) is 5.39 Å². The van der Waals surface area contributed by atoms with Crippen molar-refractivity contribution >= 4 is 33.3 Å². The lowest BCUT2D eigenvalue weighted by Crippen LogP contribution is -2.09. The van der Waals surface area contributed by atoms with E-state index in [4.69, 9.17) is 0 Å². The lowest BCUT2D eigenvalue weighted by molar-refractivity contribution is 0.607. The molecular formula is C14H22N4S. The lowest BCUT2D eigenvalue weighted by atomic mass is 10.1. The fraction of sp³-hybridized carbons (Fsp3) is 0.571. The molecule has 0 atom stereocenters. The Balaban J connectivity index is 2.27. The number of hydrogen-bond donors (Lipinski definition) is 2. The quantitative estimate of drug-likeness (QED) is 0.841. The van der Waals surface area contributed by atoms with Crippen LogP contribution >= 0.6 is 11.3 Å². The van der Waals surface area contributed by atoms with Crippen molar-refractivity contribution in [1.29, 1.82) is 0 Å². The van der Waals surface area contributed by atoms with Gasteiger partial charge in [-0.25, -0.2) is 4.98 Å². The molecule has 0 saturated heterocycles. The van der Waals surface area contributed by atoms with E-state index in [1.54, 1.807) is 11.3 Å². The summed E-state index contributed by atoms with van der Waals surface area (Å²) in [6.45, 7) is 10.4. The Hall–Kier alpha value is -1.36. The normalized spacial score (nSPS) is 11.2. The van der Waals surface area contributed by atoms with Gasteiger partial charge >= 0.3 is 0 Å². The summed E-state index contributed by atoms with van der Waals surface area (Å²) in [6.07, 6.45) is 1.14. The number of aromatic nitrogens is 2. The number of thiophene rings is 1. The highest BCUT2D eigenvalue weighted by Crippen LogP contribution is 2.29. The van der Waals surface area contributed by atoms with Gasteiger partial charge in [-0.1, -0.05) is 13.8 Å². The Labute approximate surface area is 118 Å². The van der Waals surface area contributed by atoms with E-state index in [0.717, 1.165) is 35.5 Å². The number of aryl methyl sites for hydroxylation is 1. The van der Waals surface area contributed by atoms with Crippen LogP contribution in [0.1, 0.15) is 32.1 Å². The fourth-order valence-electron chi connectivity index (χ4n) is 1.89. The molecule has 2 N–H and O–H groups in total. The molecule has 2 rings (SSSR count). The molecule has 2 aromatic heterocycles. The van der Waals surface area contributed by atoms with Gasteiger partial charge in [0.15, 0.2) is 0 Å². The number of hydrogen-bond acceptors (Lipinski definition) is 5. The average Bonchev–Trinajstić information content (AvgIpc) is 2.69. The van der Waals surface area contributed by atoms with Crippen molar-refractivity contribution in [3.8, 4) is 0 Å². The summed E-state index contributed by atoms with van der Waals surface area (Å²) in [4.78, 5) is 11.4. The van der Waals surface area contributed by atoms with Gasteiger partial charge in [0.2, 0.25) is 5.95 Å². The molecule has 0 aliphatic rings. The standard InChI is InChI=1S/C14H22N4S/c1-5-15-14-17-12(16-7-6-9(2)3)11-8-10(4)19-13(11)18-14/h8-9H,5-7H2,1-4H3,(H2,15,16,17,18). The van der Waals surface area contributed by atoms with Crippen LogP contribution in [0.5, 0.6) is 0 Å². The monoisotopic (exact) mass is 278 g/mol. The number of anilines is 2. The first-order chi connectivity index (χ1) is 9.10. The summed E-state index contributed by atoms with van der Waals surface area (Å²) < 4.78 is 0. The predicted octanol–water partition coefficient (Wildman–Crippen LogP) is 3.89. The van der Waals surface area contributed by atoms with Gasteiger partial charge in [-0.3, -0.25) is 0 Å². The second kappa shape index (κ2) is 6.19. The molecule has 0 fully saturated rings. The Morgan fingerprint density at radius 2 is 2.05 bits per heavy atom. The molecule has 0 unspecified atom stereocenters. The maximum Gasteiger partial charge on any atom is 0.226 e. The molecule has 0 saturated carbocycles. The van der Waals surface area contributed by atoms with Gasteiger partial charge in [-0.15, -0.1) is 11.3 Å². The molecule has 2 aromatic rings. The maximum absolute atomic E-state index is 4.57. The highest BCUT2D eigenvalue weighted by atomic mass is 32.1. The summed E-state index contributed by atoms with van der Waals surface area (Å²) in [5.41, 5.74) is 0. The van der Waals surface area contributed by atoms with Crippen molar-refractivity contribution in [2.75, 3.05) is 23.7 Å². The minimum absolute atomic E-state index is 0.697. The minimum Gasteiger partial charge on any atom is -0.369 e. The van der Waals surface area contributed by atoms with Crippen molar-refractivity contribution in [1.82, 2.24) is 9.97 Å². The van der Waals surface area contributed by atoms with Crippen LogP contribution in [-0.4, -0.2) is 23.1 Å². The molecule has 104 valence electrons. The Morgan fingerprint density at radius 3 is 2.74 bits per heavy atom. The van der Waals surface area contributed by atoms with Crippen LogP contribution in [0, 0.1) is 12.8 Å². The number of fused-ring (bicyclic) bond motifs is 1. The summed E-state index contributed by atoms with van der Waals surface area (Å²) >= 11 is 1.71. The van der Waals surface area contributed by atoms with Gasteiger partial charge < -0.3 is 10.6 Å². The molecule has 0 spiro atoms. The van der Waals surface area contributed by atoms with Crippen molar-refractivity contribution in [2.24, 2.45) is 5.92 Å². The second-order valence-electron chi connectivity index (χ2n) is 5.11. The summed E-state index contributed by atoms with van der Waals surface area (Å²) in [7, 11) is 0. The molecule has 0 amide bonds. The third-order valence-electron chi connectivity index (χ3n) is 2.86.